The molecule has 0 aliphatic carbocycles. The first-order chi connectivity index (χ1) is 11.7. The summed E-state index contributed by atoms with van der Waals surface area (Å²) in [6.45, 7) is 11.6. The number of ether oxygens (including phenoxy) is 2. The molecule has 140 valence electrons. The second-order valence-electron chi connectivity index (χ2n) is 6.78. The average molecular weight is 368 g/mol. The van der Waals surface area contributed by atoms with Crippen LogP contribution >= 0.6 is 0 Å². The third-order valence-electron chi connectivity index (χ3n) is 3.53. The lowest BCUT2D eigenvalue weighted by Crippen LogP contribution is -2.45. The smallest absolute Gasteiger partial charge is 0.333 e. The van der Waals surface area contributed by atoms with Gasteiger partial charge in [-0.3, -0.25) is 0 Å². The zero-order valence-electron chi connectivity index (χ0n) is 15.8. The monoisotopic (exact) mass is 367 g/mol. The molecule has 25 heavy (non-hydrogen) atoms. The zero-order valence-corrected chi connectivity index (χ0v) is 16.6. The van der Waals surface area contributed by atoms with E-state index in [2.05, 4.69) is 11.3 Å². The van der Waals surface area contributed by atoms with Crippen molar-refractivity contribution in [3.63, 3.8) is 0 Å². The highest BCUT2D eigenvalue weighted by Gasteiger charge is 2.30. The Morgan fingerprint density at radius 1 is 1.32 bits per heavy atom. The number of benzene rings is 1. The molecule has 0 aromatic heterocycles. The molecule has 0 spiro atoms. The van der Waals surface area contributed by atoms with Crippen LogP contribution in [-0.2, 0) is 27.3 Å². The van der Waals surface area contributed by atoms with E-state index in [9.17, 15) is 9.35 Å². The van der Waals surface area contributed by atoms with Gasteiger partial charge in [0, 0.05) is 16.9 Å². The van der Waals surface area contributed by atoms with Gasteiger partial charge in [0.1, 0.15) is 10.5 Å². The molecule has 0 fully saturated rings. The van der Waals surface area contributed by atoms with Crippen LogP contribution in [0.25, 0.3) is 0 Å². The largest absolute Gasteiger partial charge is 0.598 e. The predicted molar refractivity (Wildman–Crippen MR) is 102 cm³/mol. The van der Waals surface area contributed by atoms with Gasteiger partial charge in [-0.1, -0.05) is 18.7 Å². The van der Waals surface area contributed by atoms with Gasteiger partial charge in [-0.15, -0.1) is 4.72 Å². The minimum Gasteiger partial charge on any atom is -0.598 e. The highest BCUT2D eigenvalue weighted by molar-refractivity contribution is 7.90. The number of nitrogens with one attached hydrogen (secondary N) is 1. The lowest BCUT2D eigenvalue weighted by atomic mass is 10.0. The van der Waals surface area contributed by atoms with Gasteiger partial charge in [-0.25, -0.2) is 4.79 Å². The Morgan fingerprint density at radius 3 is 2.40 bits per heavy atom. The van der Waals surface area contributed by atoms with Crippen LogP contribution in [0.2, 0.25) is 0 Å². The van der Waals surface area contributed by atoms with Crippen molar-refractivity contribution in [2.45, 2.75) is 51.3 Å². The van der Waals surface area contributed by atoms with Gasteiger partial charge in [-0.2, -0.15) is 0 Å². The van der Waals surface area contributed by atoms with E-state index in [4.69, 9.17) is 9.47 Å². The Kier molecular flexibility index (Phi) is 8.48. The summed E-state index contributed by atoms with van der Waals surface area (Å²) in [7, 11) is 1.62. The van der Waals surface area contributed by atoms with Gasteiger partial charge < -0.3 is 14.0 Å². The van der Waals surface area contributed by atoms with Gasteiger partial charge in [0.05, 0.1) is 19.8 Å². The van der Waals surface area contributed by atoms with E-state index in [1.165, 1.54) is 0 Å². The second kappa shape index (κ2) is 9.85. The molecule has 1 unspecified atom stereocenters. The number of hydrogen-bond acceptors (Lipinski definition) is 5. The predicted octanol–water partition coefficient (Wildman–Crippen LogP) is 3.17. The number of carbonyl (C=O) groups excluding carboxylic acids is 1. The van der Waals surface area contributed by atoms with Crippen molar-refractivity contribution in [3.8, 4) is 5.75 Å². The summed E-state index contributed by atoms with van der Waals surface area (Å²) >= 11 is -1.25. The molecular weight excluding hydrogens is 338 g/mol. The SMILES string of the molecule is C=C(C[C@@H](Cc1ccc(OC)cc1)N[S+]([O-])C(C)(C)C)C(=O)OCC. The van der Waals surface area contributed by atoms with Crippen molar-refractivity contribution < 1.29 is 18.8 Å². The molecule has 0 aliphatic heterocycles. The molecule has 1 aromatic carbocycles. The Bertz CT molecular complexity index is 566. The number of carbonyl (C=O) groups is 1. The number of methoxy groups -OCH3 is 1. The first kappa shape index (κ1) is 21.5. The van der Waals surface area contributed by atoms with Crippen LogP contribution in [0.4, 0.5) is 0 Å². The van der Waals surface area contributed by atoms with Crippen LogP contribution in [0, 0.1) is 0 Å². The van der Waals surface area contributed by atoms with E-state index in [-0.39, 0.29) is 6.04 Å². The minimum atomic E-state index is -1.25. The van der Waals surface area contributed by atoms with Crippen LogP contribution in [0.15, 0.2) is 36.4 Å². The standard InChI is InChI=1S/C19H29NO4S/c1-7-24-18(21)14(2)12-16(20-25(22)19(3,4)5)13-15-8-10-17(23-6)11-9-15/h8-11,16,20H,2,7,12-13H2,1,3-6H3/t16-,25?/m0/s1. The third kappa shape index (κ3) is 7.50. The summed E-state index contributed by atoms with van der Waals surface area (Å²) < 4.78 is 25.4. The second-order valence-corrected chi connectivity index (χ2v) is 8.77. The molecule has 5 nitrogen and oxygen atoms in total. The van der Waals surface area contributed by atoms with Crippen LogP contribution in [0.3, 0.4) is 0 Å². The van der Waals surface area contributed by atoms with Gasteiger partial charge in [-0.05, 0) is 58.2 Å². The van der Waals surface area contributed by atoms with Crippen LogP contribution < -0.4 is 9.46 Å². The fraction of sp³-hybridized carbons (Fsp3) is 0.526. The summed E-state index contributed by atoms with van der Waals surface area (Å²) in [6, 6.07) is 7.49. The molecule has 2 atom stereocenters. The van der Waals surface area contributed by atoms with Gasteiger partial charge in [0.15, 0.2) is 0 Å². The normalized spacial score (nSPS) is 13.8. The number of rotatable bonds is 9. The van der Waals surface area contributed by atoms with Crippen LogP contribution in [0.5, 0.6) is 5.75 Å². The first-order valence-electron chi connectivity index (χ1n) is 8.33. The van der Waals surface area contributed by atoms with Crippen LogP contribution in [-0.4, -0.2) is 35.0 Å². The van der Waals surface area contributed by atoms with E-state index in [0.29, 0.717) is 25.0 Å². The first-order valence-corrected chi connectivity index (χ1v) is 9.48. The molecule has 0 aliphatic rings. The van der Waals surface area contributed by atoms with Gasteiger partial charge in [0.25, 0.3) is 0 Å². The van der Waals surface area contributed by atoms with E-state index >= 15 is 0 Å². The van der Waals surface area contributed by atoms with Crippen molar-refractivity contribution in [1.82, 2.24) is 4.72 Å². The summed E-state index contributed by atoms with van der Waals surface area (Å²) in [5.74, 6) is 0.369. The van der Waals surface area contributed by atoms with Crippen molar-refractivity contribution in [2.24, 2.45) is 0 Å². The molecule has 0 saturated carbocycles. The molecule has 1 aromatic rings. The molecule has 0 amide bonds. The highest BCUT2D eigenvalue weighted by atomic mass is 32.2. The Morgan fingerprint density at radius 2 is 1.92 bits per heavy atom. The van der Waals surface area contributed by atoms with E-state index in [1.54, 1.807) is 14.0 Å². The summed E-state index contributed by atoms with van der Waals surface area (Å²) in [6.07, 6.45) is 0.983. The molecule has 6 heteroatoms. The maximum Gasteiger partial charge on any atom is 0.333 e. The van der Waals surface area contributed by atoms with Crippen LogP contribution in [0.1, 0.15) is 39.7 Å². The summed E-state index contributed by atoms with van der Waals surface area (Å²) in [4.78, 5) is 11.9. The van der Waals surface area contributed by atoms with Crippen molar-refractivity contribution >= 4 is 17.3 Å². The topological polar surface area (TPSA) is 70.6 Å². The quantitative estimate of drug-likeness (QED) is 0.412. The van der Waals surface area contributed by atoms with Crippen molar-refractivity contribution in [3.05, 3.63) is 42.0 Å². The molecular formula is C19H29NO4S. The molecule has 1 N–H and O–H groups in total. The van der Waals surface area contributed by atoms with Gasteiger partial charge in [0.2, 0.25) is 0 Å². The Hall–Kier alpha value is -1.50. The van der Waals surface area contributed by atoms with Gasteiger partial charge >= 0.3 is 5.97 Å². The molecule has 0 saturated heterocycles. The van der Waals surface area contributed by atoms with E-state index < -0.39 is 22.1 Å². The van der Waals surface area contributed by atoms with E-state index in [0.717, 1.165) is 11.3 Å². The third-order valence-corrected chi connectivity index (χ3v) is 5.19. The lowest BCUT2D eigenvalue weighted by Gasteiger charge is -2.28. The maximum absolute atomic E-state index is 12.5. The summed E-state index contributed by atoms with van der Waals surface area (Å²) in [5, 5.41) is 0. The Balaban J connectivity index is 2.85. The Labute approximate surface area is 154 Å². The fourth-order valence-electron chi connectivity index (χ4n) is 2.14. The number of esters is 1. The fourth-order valence-corrected chi connectivity index (χ4v) is 2.97. The van der Waals surface area contributed by atoms with Crippen molar-refractivity contribution in [1.29, 1.82) is 0 Å². The zero-order chi connectivity index (χ0) is 19.0. The minimum absolute atomic E-state index is 0.189. The molecule has 0 radical (unpaired) electrons. The average Bonchev–Trinajstić information content (AvgIpc) is 2.54. The maximum atomic E-state index is 12.5. The lowest BCUT2D eigenvalue weighted by molar-refractivity contribution is -0.138. The van der Waals surface area contributed by atoms with Crippen molar-refractivity contribution in [2.75, 3.05) is 13.7 Å². The highest BCUT2D eigenvalue weighted by Crippen LogP contribution is 2.19. The summed E-state index contributed by atoms with van der Waals surface area (Å²) in [5.41, 5.74) is 1.43. The molecule has 1 rings (SSSR count). The van der Waals surface area contributed by atoms with E-state index in [1.807, 2.05) is 45.0 Å². The molecule has 0 bridgehead atoms. The number of hydrogen-bond donors (Lipinski definition) is 1. The molecule has 0 heterocycles.